The maximum atomic E-state index is 10.9. The molecule has 0 aliphatic carbocycles. The van der Waals surface area contributed by atoms with Gasteiger partial charge in [0.1, 0.15) is 0 Å². The molecular weight excluding hydrogens is 222 g/mol. The Bertz CT molecular complexity index is 253. The number of nitrogens with zero attached hydrogens (tertiary/aromatic N) is 1. The monoisotopic (exact) mass is 243 g/mol. The minimum absolute atomic E-state index is 0.107. The number of hydrogen-bond donors (Lipinski definition) is 1. The second-order valence-electron chi connectivity index (χ2n) is 5.13. The molecule has 2 rings (SSSR count). The number of carboxylic acids is 1. The summed E-state index contributed by atoms with van der Waals surface area (Å²) in [6.45, 7) is 4.33. The van der Waals surface area contributed by atoms with E-state index in [1.165, 1.54) is 24.5 Å². The van der Waals surface area contributed by atoms with Gasteiger partial charge >= 0.3 is 5.97 Å². The Morgan fingerprint density at radius 3 is 2.88 bits per heavy atom. The van der Waals surface area contributed by atoms with Crippen molar-refractivity contribution in [1.29, 1.82) is 0 Å². The number of piperidine rings is 1. The van der Waals surface area contributed by atoms with E-state index in [0.717, 1.165) is 25.3 Å². The third-order valence-corrected chi connectivity index (χ3v) is 5.11. The molecule has 16 heavy (non-hydrogen) atoms. The van der Waals surface area contributed by atoms with Crippen molar-refractivity contribution in [3.63, 3.8) is 0 Å². The average Bonchev–Trinajstić information content (AvgIpc) is 2.73. The van der Waals surface area contributed by atoms with Gasteiger partial charge in [0.15, 0.2) is 0 Å². The van der Waals surface area contributed by atoms with Crippen LogP contribution >= 0.6 is 11.8 Å². The summed E-state index contributed by atoms with van der Waals surface area (Å²) in [6, 6.07) is 0.445. The van der Waals surface area contributed by atoms with Gasteiger partial charge in [-0.05, 0) is 50.2 Å². The van der Waals surface area contributed by atoms with Crippen LogP contribution in [-0.2, 0) is 4.79 Å². The minimum atomic E-state index is -0.608. The quantitative estimate of drug-likeness (QED) is 0.822. The van der Waals surface area contributed by atoms with Crippen LogP contribution in [-0.4, -0.2) is 46.6 Å². The van der Waals surface area contributed by atoms with Crippen LogP contribution in [0.15, 0.2) is 0 Å². The summed E-state index contributed by atoms with van der Waals surface area (Å²) >= 11 is 2.06. The first kappa shape index (κ1) is 12.2. The lowest BCUT2D eigenvalue weighted by atomic mass is 9.91. The van der Waals surface area contributed by atoms with Crippen molar-refractivity contribution in [2.24, 2.45) is 11.8 Å². The summed E-state index contributed by atoms with van der Waals surface area (Å²) in [5.74, 6) is 2.73. The average molecular weight is 243 g/mol. The molecular formula is C12H21NO2S. The van der Waals surface area contributed by atoms with Crippen molar-refractivity contribution in [2.45, 2.75) is 32.2 Å². The summed E-state index contributed by atoms with van der Waals surface area (Å²) in [7, 11) is 0. The van der Waals surface area contributed by atoms with Gasteiger partial charge in [-0.15, -0.1) is 0 Å². The number of thioether (sulfide) groups is 1. The summed E-state index contributed by atoms with van der Waals surface area (Å²) in [5, 5.41) is 9.00. The van der Waals surface area contributed by atoms with Crippen molar-refractivity contribution < 1.29 is 9.90 Å². The molecule has 2 heterocycles. The lowest BCUT2D eigenvalue weighted by Gasteiger charge is -2.37. The first-order chi connectivity index (χ1) is 7.66. The molecule has 2 aliphatic rings. The van der Waals surface area contributed by atoms with E-state index in [0.29, 0.717) is 6.04 Å². The number of rotatable bonds is 3. The van der Waals surface area contributed by atoms with Crippen LogP contribution in [0.25, 0.3) is 0 Å². The predicted octanol–water partition coefficient (Wildman–Crippen LogP) is 1.92. The molecule has 2 aliphatic heterocycles. The molecule has 0 amide bonds. The first-order valence-corrected chi connectivity index (χ1v) is 7.37. The van der Waals surface area contributed by atoms with E-state index < -0.39 is 5.97 Å². The lowest BCUT2D eigenvalue weighted by Crippen LogP contribution is -2.44. The highest BCUT2D eigenvalue weighted by Crippen LogP contribution is 2.28. The predicted molar refractivity (Wildman–Crippen MR) is 66.8 cm³/mol. The van der Waals surface area contributed by atoms with Crippen LogP contribution in [0.2, 0.25) is 0 Å². The molecule has 0 saturated carbocycles. The van der Waals surface area contributed by atoms with Crippen LogP contribution in [0.1, 0.15) is 26.2 Å². The fourth-order valence-electron chi connectivity index (χ4n) is 2.78. The minimum Gasteiger partial charge on any atom is -0.481 e. The molecule has 0 spiro atoms. The van der Waals surface area contributed by atoms with Crippen molar-refractivity contribution in [2.75, 3.05) is 24.6 Å². The normalized spacial score (nSPS) is 36.4. The fourth-order valence-corrected chi connectivity index (χ4v) is 4.05. The highest BCUT2D eigenvalue weighted by molar-refractivity contribution is 7.99. The van der Waals surface area contributed by atoms with Crippen LogP contribution in [0.4, 0.5) is 0 Å². The number of aliphatic carboxylic acids is 1. The Kier molecular flexibility index (Phi) is 4.14. The van der Waals surface area contributed by atoms with E-state index >= 15 is 0 Å². The second-order valence-corrected chi connectivity index (χ2v) is 6.28. The zero-order valence-electron chi connectivity index (χ0n) is 9.89. The van der Waals surface area contributed by atoms with Crippen molar-refractivity contribution >= 4 is 17.7 Å². The number of carboxylic acid groups (broad SMARTS) is 1. The largest absolute Gasteiger partial charge is 0.481 e. The Hall–Kier alpha value is -0.220. The Labute approximate surface area is 102 Å². The van der Waals surface area contributed by atoms with E-state index in [2.05, 4.69) is 23.6 Å². The zero-order valence-corrected chi connectivity index (χ0v) is 10.7. The van der Waals surface area contributed by atoms with E-state index in [9.17, 15) is 4.79 Å². The van der Waals surface area contributed by atoms with Crippen LogP contribution < -0.4 is 0 Å². The maximum absolute atomic E-state index is 10.9. The second kappa shape index (κ2) is 5.41. The highest BCUT2D eigenvalue weighted by atomic mass is 32.2. The summed E-state index contributed by atoms with van der Waals surface area (Å²) < 4.78 is 0. The molecule has 0 bridgehead atoms. The first-order valence-electron chi connectivity index (χ1n) is 6.21. The van der Waals surface area contributed by atoms with Gasteiger partial charge in [0.2, 0.25) is 0 Å². The molecule has 2 saturated heterocycles. The molecule has 3 unspecified atom stereocenters. The standard InChI is InChI=1S/C12H21NO2S/c1-9-6-11(12(14)15)2-4-13(9)7-10-3-5-16-8-10/h9-11H,2-8H2,1H3,(H,14,15). The molecule has 3 atom stereocenters. The van der Waals surface area contributed by atoms with Crippen LogP contribution in [0.5, 0.6) is 0 Å². The van der Waals surface area contributed by atoms with Gasteiger partial charge in [-0.2, -0.15) is 11.8 Å². The molecule has 0 aromatic heterocycles. The maximum Gasteiger partial charge on any atom is 0.306 e. The summed E-state index contributed by atoms with van der Waals surface area (Å²) in [6.07, 6.45) is 3.00. The van der Waals surface area contributed by atoms with Gasteiger partial charge in [0, 0.05) is 12.6 Å². The van der Waals surface area contributed by atoms with Crippen molar-refractivity contribution in [1.82, 2.24) is 4.90 Å². The number of likely N-dealkylation sites (tertiary alicyclic amines) is 1. The Balaban J connectivity index is 1.81. The third-order valence-electron chi connectivity index (χ3n) is 3.88. The number of hydrogen-bond acceptors (Lipinski definition) is 3. The van der Waals surface area contributed by atoms with Crippen LogP contribution in [0, 0.1) is 11.8 Å². The Morgan fingerprint density at radius 1 is 1.50 bits per heavy atom. The third kappa shape index (κ3) is 2.92. The highest BCUT2D eigenvalue weighted by Gasteiger charge is 2.31. The topological polar surface area (TPSA) is 40.5 Å². The summed E-state index contributed by atoms with van der Waals surface area (Å²) in [4.78, 5) is 13.4. The Morgan fingerprint density at radius 2 is 2.31 bits per heavy atom. The number of carbonyl (C=O) groups is 1. The molecule has 2 fully saturated rings. The molecule has 3 nitrogen and oxygen atoms in total. The van der Waals surface area contributed by atoms with E-state index in [1.54, 1.807) is 0 Å². The van der Waals surface area contributed by atoms with Gasteiger partial charge in [0.25, 0.3) is 0 Å². The lowest BCUT2D eigenvalue weighted by molar-refractivity contribution is -0.144. The molecule has 4 heteroatoms. The smallest absolute Gasteiger partial charge is 0.306 e. The van der Waals surface area contributed by atoms with Gasteiger partial charge in [-0.1, -0.05) is 0 Å². The van der Waals surface area contributed by atoms with Gasteiger partial charge in [-0.25, -0.2) is 0 Å². The molecule has 1 N–H and O–H groups in total. The molecule has 0 aromatic rings. The van der Waals surface area contributed by atoms with E-state index in [1.807, 2.05) is 0 Å². The fraction of sp³-hybridized carbons (Fsp3) is 0.917. The molecule has 0 radical (unpaired) electrons. The van der Waals surface area contributed by atoms with Crippen molar-refractivity contribution in [3.05, 3.63) is 0 Å². The summed E-state index contributed by atoms with van der Waals surface area (Å²) in [5.41, 5.74) is 0. The van der Waals surface area contributed by atoms with Gasteiger partial charge in [0.05, 0.1) is 5.92 Å². The van der Waals surface area contributed by atoms with Gasteiger partial charge < -0.3 is 10.0 Å². The van der Waals surface area contributed by atoms with Crippen LogP contribution in [0.3, 0.4) is 0 Å². The van der Waals surface area contributed by atoms with Gasteiger partial charge in [-0.3, -0.25) is 4.79 Å². The van der Waals surface area contributed by atoms with Crippen molar-refractivity contribution in [3.8, 4) is 0 Å². The SMILES string of the molecule is CC1CC(C(=O)O)CCN1CC1CCSC1. The molecule has 0 aromatic carbocycles. The van der Waals surface area contributed by atoms with E-state index in [-0.39, 0.29) is 5.92 Å². The zero-order chi connectivity index (χ0) is 11.5. The van der Waals surface area contributed by atoms with E-state index in [4.69, 9.17) is 5.11 Å². The molecule has 92 valence electrons.